The number of hydrogen-bond acceptors (Lipinski definition) is 4. The van der Waals surface area contributed by atoms with Crippen LogP contribution in [0.5, 0.6) is 0 Å². The maximum Gasteiger partial charge on any atom is 0.0397 e. The number of hydrogen-bond donors (Lipinski definition) is 0. The second kappa shape index (κ2) is 8.74. The molecule has 0 spiro atoms. The van der Waals surface area contributed by atoms with Gasteiger partial charge in [0.05, 0.1) is 0 Å². The van der Waals surface area contributed by atoms with Crippen LogP contribution in [0.2, 0.25) is 0 Å². The molecule has 9 rings (SSSR count). The highest BCUT2D eigenvalue weighted by Gasteiger charge is 2.25. The predicted octanol–water partition coefficient (Wildman–Crippen LogP) is 13.1. The number of benzene rings is 5. The van der Waals surface area contributed by atoms with Gasteiger partial charge in [0, 0.05) is 80.7 Å². The molecular weight excluding hydrogens is 561 g/mol. The molecule has 0 fully saturated rings. The Bertz CT molecular complexity index is 2280. The molecule has 0 atom stereocenters. The van der Waals surface area contributed by atoms with Gasteiger partial charge in [-0.15, -0.1) is 45.3 Å². The van der Waals surface area contributed by atoms with E-state index in [-0.39, 0.29) is 0 Å². The topological polar surface area (TPSA) is 0 Å². The zero-order valence-corrected chi connectivity index (χ0v) is 25.7. The molecule has 0 radical (unpaired) electrons. The van der Waals surface area contributed by atoms with Crippen molar-refractivity contribution in [3.63, 3.8) is 0 Å². The van der Waals surface area contributed by atoms with Gasteiger partial charge in [0.25, 0.3) is 0 Å². The normalized spacial score (nSPS) is 12.7. The summed E-state index contributed by atoms with van der Waals surface area (Å²) in [6, 6.07) is 27.6. The molecule has 0 aliphatic heterocycles. The summed E-state index contributed by atoms with van der Waals surface area (Å²) in [5.74, 6) is 0. The molecule has 9 aromatic rings. The quantitative estimate of drug-likeness (QED) is 0.192. The van der Waals surface area contributed by atoms with Crippen molar-refractivity contribution in [3.8, 4) is 0 Å². The maximum atomic E-state index is 2.41. The molecule has 4 aromatic heterocycles. The fraction of sp³-hybridized carbons (Fsp3) is 0.167. The highest BCUT2D eigenvalue weighted by atomic mass is 32.1. The summed E-state index contributed by atoms with van der Waals surface area (Å²) in [7, 11) is 0. The Hall–Kier alpha value is -3.02. The zero-order valence-electron chi connectivity index (χ0n) is 22.4. The summed E-state index contributed by atoms with van der Waals surface area (Å²) >= 11 is 7.97. The minimum atomic E-state index is 1.15. The number of thiophene rings is 4. The summed E-state index contributed by atoms with van der Waals surface area (Å²) in [5, 5.41) is 11.7. The molecular formula is C36H26S4. The van der Waals surface area contributed by atoms with E-state index in [1.165, 1.54) is 93.5 Å². The van der Waals surface area contributed by atoms with Crippen molar-refractivity contribution >= 4 is 126 Å². The van der Waals surface area contributed by atoms with Gasteiger partial charge in [0.15, 0.2) is 0 Å². The molecule has 0 aliphatic carbocycles. The third kappa shape index (κ3) is 3.06. The first-order valence-corrected chi connectivity index (χ1v) is 17.5. The monoisotopic (exact) mass is 586 g/mol. The molecule has 0 bridgehead atoms. The lowest BCUT2D eigenvalue weighted by Gasteiger charge is -2.13. The van der Waals surface area contributed by atoms with E-state index in [1.807, 2.05) is 45.3 Å². The van der Waals surface area contributed by atoms with Gasteiger partial charge in [-0.1, -0.05) is 63.1 Å². The third-order valence-corrected chi connectivity index (χ3v) is 13.3. The van der Waals surface area contributed by atoms with Crippen molar-refractivity contribution in [2.45, 2.75) is 39.5 Å². The Balaban J connectivity index is 1.64. The largest absolute Gasteiger partial charge is 0.135 e. The molecule has 0 saturated heterocycles. The molecule has 5 aromatic carbocycles. The average Bonchev–Trinajstić information content (AvgIpc) is 3.73. The molecule has 0 aliphatic rings. The van der Waals surface area contributed by atoms with Crippen LogP contribution in [0.1, 0.15) is 37.8 Å². The predicted molar refractivity (Wildman–Crippen MR) is 186 cm³/mol. The minimum Gasteiger partial charge on any atom is -0.135 e. The lowest BCUT2D eigenvalue weighted by Crippen LogP contribution is -1.95. The molecule has 0 nitrogen and oxygen atoms in total. The third-order valence-electron chi connectivity index (χ3n) is 8.55. The lowest BCUT2D eigenvalue weighted by atomic mass is 9.91. The van der Waals surface area contributed by atoms with Crippen molar-refractivity contribution in [3.05, 3.63) is 83.9 Å². The molecule has 0 amide bonds. The number of fused-ring (bicyclic) bond motifs is 15. The maximum absolute atomic E-state index is 2.41. The van der Waals surface area contributed by atoms with Crippen molar-refractivity contribution in [1.29, 1.82) is 0 Å². The minimum absolute atomic E-state index is 1.15. The SMILES string of the molecule is CCCc1c(CCC)c2sc3ccc4sc5ccccc5c4c3c2c2c1sc1ccc3sc4ccccc4c3c12. The summed E-state index contributed by atoms with van der Waals surface area (Å²) in [4.78, 5) is 0. The van der Waals surface area contributed by atoms with Gasteiger partial charge in [-0.25, -0.2) is 0 Å². The Kier molecular flexibility index (Phi) is 5.17. The standard InChI is InChI=1S/C36H26S4/c1-3-9-19-20(10-4-2)36-34(32-28(40-36)18-16-26-30(32)22-12-6-8-14-24(22)38-26)33-31-27(39-35(19)33)17-15-25-29(31)21-11-5-7-13-23(21)37-25/h5-8,11-18H,3-4,9-10H2,1-2H3. The number of rotatable bonds is 4. The first-order valence-electron chi connectivity index (χ1n) is 14.2. The van der Waals surface area contributed by atoms with E-state index < -0.39 is 0 Å². The fourth-order valence-electron chi connectivity index (χ4n) is 7.02. The second-order valence-corrected chi connectivity index (χ2v) is 15.2. The van der Waals surface area contributed by atoms with E-state index in [0.717, 1.165) is 12.8 Å². The Morgan fingerprint density at radius 3 is 1.23 bits per heavy atom. The second-order valence-electron chi connectivity index (χ2n) is 10.9. The van der Waals surface area contributed by atoms with Crippen LogP contribution in [0.4, 0.5) is 0 Å². The van der Waals surface area contributed by atoms with Crippen LogP contribution in [0, 0.1) is 0 Å². The van der Waals surface area contributed by atoms with Crippen LogP contribution in [0.25, 0.3) is 80.7 Å². The lowest BCUT2D eigenvalue weighted by molar-refractivity contribution is 0.877. The van der Waals surface area contributed by atoms with Crippen molar-refractivity contribution in [1.82, 2.24) is 0 Å². The van der Waals surface area contributed by atoms with Gasteiger partial charge in [-0.2, -0.15) is 0 Å². The molecule has 0 saturated carbocycles. The summed E-state index contributed by atoms with van der Waals surface area (Å²) in [6.45, 7) is 4.69. The van der Waals surface area contributed by atoms with E-state index >= 15 is 0 Å². The van der Waals surface area contributed by atoms with E-state index in [1.54, 1.807) is 11.1 Å². The van der Waals surface area contributed by atoms with Gasteiger partial charge >= 0.3 is 0 Å². The van der Waals surface area contributed by atoms with Crippen LogP contribution >= 0.6 is 45.3 Å². The van der Waals surface area contributed by atoms with Gasteiger partial charge in [-0.05, 0) is 60.4 Å². The summed E-state index contributed by atoms with van der Waals surface area (Å²) < 4.78 is 11.5. The van der Waals surface area contributed by atoms with E-state index in [9.17, 15) is 0 Å². The van der Waals surface area contributed by atoms with Gasteiger partial charge in [0.1, 0.15) is 0 Å². The van der Waals surface area contributed by atoms with Gasteiger partial charge in [-0.3, -0.25) is 0 Å². The van der Waals surface area contributed by atoms with Crippen LogP contribution in [0.3, 0.4) is 0 Å². The highest BCUT2D eigenvalue weighted by Crippen LogP contribution is 2.54. The van der Waals surface area contributed by atoms with Crippen molar-refractivity contribution in [2.24, 2.45) is 0 Å². The Morgan fingerprint density at radius 2 is 0.800 bits per heavy atom. The van der Waals surface area contributed by atoms with Crippen LogP contribution in [-0.4, -0.2) is 0 Å². The van der Waals surface area contributed by atoms with E-state index in [0.29, 0.717) is 0 Å². The van der Waals surface area contributed by atoms with E-state index in [2.05, 4.69) is 86.6 Å². The molecule has 4 heterocycles. The van der Waals surface area contributed by atoms with Gasteiger partial charge in [0.2, 0.25) is 0 Å². The zero-order chi connectivity index (χ0) is 26.5. The van der Waals surface area contributed by atoms with Gasteiger partial charge < -0.3 is 0 Å². The van der Waals surface area contributed by atoms with Crippen molar-refractivity contribution in [2.75, 3.05) is 0 Å². The van der Waals surface area contributed by atoms with Crippen LogP contribution < -0.4 is 0 Å². The Labute approximate surface area is 248 Å². The fourth-order valence-corrected chi connectivity index (χ4v) is 11.9. The van der Waals surface area contributed by atoms with Crippen LogP contribution in [0.15, 0.2) is 72.8 Å². The van der Waals surface area contributed by atoms with Crippen LogP contribution in [-0.2, 0) is 12.8 Å². The average molecular weight is 587 g/mol. The smallest absolute Gasteiger partial charge is 0.0397 e. The molecule has 4 heteroatoms. The van der Waals surface area contributed by atoms with Crippen molar-refractivity contribution < 1.29 is 0 Å². The Morgan fingerprint density at radius 1 is 0.400 bits per heavy atom. The molecule has 0 N–H and O–H groups in total. The molecule has 194 valence electrons. The first-order chi connectivity index (χ1) is 19.8. The molecule has 40 heavy (non-hydrogen) atoms. The highest BCUT2D eigenvalue weighted by molar-refractivity contribution is 7.30. The molecule has 0 unspecified atom stereocenters. The van der Waals surface area contributed by atoms with E-state index in [4.69, 9.17) is 0 Å². The summed E-state index contributed by atoms with van der Waals surface area (Å²) in [6.07, 6.45) is 4.64. The first kappa shape index (κ1) is 23.7. The summed E-state index contributed by atoms with van der Waals surface area (Å²) in [5.41, 5.74) is 3.22. The number of aryl methyl sites for hydroxylation is 2.